The second-order valence-electron chi connectivity index (χ2n) is 14.8. The fourth-order valence-electron chi connectivity index (χ4n) is 8.46. The highest BCUT2D eigenvalue weighted by molar-refractivity contribution is 6.06. The minimum absolute atomic E-state index is 0.00535. The molecule has 11 nitrogen and oxygen atoms in total. The summed E-state index contributed by atoms with van der Waals surface area (Å²) in [7, 11) is 1.22. The van der Waals surface area contributed by atoms with Crippen molar-refractivity contribution in [2.24, 2.45) is 0 Å². The molecule has 3 aromatic carbocycles. The Balaban J connectivity index is 1.33. The van der Waals surface area contributed by atoms with Crippen LogP contribution in [0.3, 0.4) is 0 Å². The van der Waals surface area contributed by atoms with Gasteiger partial charge in [0.2, 0.25) is 0 Å². The van der Waals surface area contributed by atoms with Crippen molar-refractivity contribution < 1.29 is 36.9 Å². The van der Waals surface area contributed by atoms with E-state index in [-0.39, 0.29) is 87.6 Å². The molecule has 2 fully saturated rings. The molecule has 8 rings (SSSR count). The topological polar surface area (TPSA) is 118 Å². The molecule has 5 heterocycles. The van der Waals surface area contributed by atoms with Crippen molar-refractivity contribution in [3.63, 3.8) is 0 Å². The maximum atomic E-state index is 17.4. The number of nitrogens with one attached hydrogen (secondary N) is 1. The third-order valence-corrected chi connectivity index (χ3v) is 10.8. The summed E-state index contributed by atoms with van der Waals surface area (Å²) in [5.41, 5.74) is -1.18. The van der Waals surface area contributed by atoms with Crippen LogP contribution >= 0.6 is 0 Å². The Kier molecular flexibility index (Phi) is 9.19. The summed E-state index contributed by atoms with van der Waals surface area (Å²) in [6.07, 6.45) is 7.04. The molecule has 2 N–H and O–H groups in total. The molecule has 2 aromatic heterocycles. The fraction of sp³-hybridized carbons (Fsp3) is 0.400. The average Bonchev–Trinajstić information content (AvgIpc) is 3.77. The number of terminal acetylenes is 1. The van der Waals surface area contributed by atoms with E-state index in [9.17, 15) is 14.3 Å². The zero-order valence-corrected chi connectivity index (χ0v) is 30.6. The summed E-state index contributed by atoms with van der Waals surface area (Å²) >= 11 is 0. The highest BCUT2D eigenvalue weighted by atomic mass is 19.1. The highest BCUT2D eigenvalue weighted by Gasteiger charge is 2.49. The first-order valence-corrected chi connectivity index (χ1v) is 18.2. The van der Waals surface area contributed by atoms with Gasteiger partial charge in [-0.2, -0.15) is 15.1 Å². The number of benzene rings is 3. The number of aromatic nitrogens is 4. The van der Waals surface area contributed by atoms with Crippen molar-refractivity contribution in [1.82, 2.24) is 30.0 Å². The molecule has 0 unspecified atom stereocenters. The summed E-state index contributed by atoms with van der Waals surface area (Å²) in [6.45, 7) is 5.70. The van der Waals surface area contributed by atoms with E-state index in [1.165, 1.54) is 19.2 Å². The molecule has 0 saturated carbocycles. The molecule has 0 radical (unpaired) electrons. The zero-order chi connectivity index (χ0) is 38.8. The van der Waals surface area contributed by atoms with Crippen molar-refractivity contribution in [2.45, 2.75) is 70.4 Å². The second-order valence-corrected chi connectivity index (χ2v) is 14.8. The highest BCUT2D eigenvalue weighted by Crippen LogP contribution is 2.47. The first kappa shape index (κ1) is 36.4. The van der Waals surface area contributed by atoms with Crippen LogP contribution in [-0.4, -0.2) is 86.8 Å². The Bertz CT molecular complexity index is 2410. The van der Waals surface area contributed by atoms with Gasteiger partial charge in [-0.15, -0.1) is 6.42 Å². The monoisotopic (exact) mass is 757 g/mol. The predicted octanol–water partition coefficient (Wildman–Crippen LogP) is 6.26. The van der Waals surface area contributed by atoms with Crippen molar-refractivity contribution in [3.8, 4) is 41.0 Å². The number of hydrogen-bond donors (Lipinski definition) is 2. The Hall–Kier alpha value is -5.62. The molecule has 0 spiro atoms. The molecule has 2 saturated heterocycles. The van der Waals surface area contributed by atoms with Crippen LogP contribution in [0.25, 0.3) is 32.8 Å². The van der Waals surface area contributed by atoms with Gasteiger partial charge < -0.3 is 24.8 Å². The minimum atomic E-state index is -1.15. The third kappa shape index (κ3) is 6.22. The Morgan fingerprint density at radius 1 is 1.11 bits per heavy atom. The van der Waals surface area contributed by atoms with Gasteiger partial charge in [0, 0.05) is 43.0 Å². The van der Waals surface area contributed by atoms with Crippen molar-refractivity contribution in [2.75, 3.05) is 38.3 Å². The van der Waals surface area contributed by atoms with E-state index in [1.54, 1.807) is 15.6 Å². The molecule has 286 valence electrons. The Morgan fingerprint density at radius 2 is 1.93 bits per heavy atom. The molecule has 3 aliphatic heterocycles. The fourth-order valence-corrected chi connectivity index (χ4v) is 8.46. The number of carbonyl (C=O) groups excluding carboxylic acids is 1. The number of fused-ring (bicyclic) bond motifs is 4. The van der Waals surface area contributed by atoms with Crippen LogP contribution in [0.1, 0.15) is 61.3 Å². The maximum absolute atomic E-state index is 17.4. The lowest BCUT2D eigenvalue weighted by Gasteiger charge is -2.31. The first-order valence-electron chi connectivity index (χ1n) is 18.2. The second kappa shape index (κ2) is 13.9. The number of hydrogen-bond acceptors (Lipinski definition) is 9. The van der Waals surface area contributed by atoms with E-state index >= 15 is 13.2 Å². The number of phenolic OH excluding ortho intramolecular Hbond substituents is 1. The SMILES string of the molecule is C#Cc1c(F)ccc2cc(O)cc(-c3c(F)c(OC)c4c(N5CCCn6nc(C(=O)NC(C)C)cc6C5)nc(OC[C@@]56CCCN5C[C@H](F)C6)nc4c3F)c12. The molecule has 1 amide bonds. The van der Waals surface area contributed by atoms with E-state index < -0.39 is 40.5 Å². The van der Waals surface area contributed by atoms with Crippen molar-refractivity contribution in [1.29, 1.82) is 0 Å². The summed E-state index contributed by atoms with van der Waals surface area (Å²) in [4.78, 5) is 26.0. The number of aromatic hydroxyl groups is 1. The lowest BCUT2D eigenvalue weighted by molar-refractivity contribution is 0.0937. The number of phenols is 1. The van der Waals surface area contributed by atoms with Crippen LogP contribution in [0, 0.1) is 29.8 Å². The smallest absolute Gasteiger partial charge is 0.319 e. The van der Waals surface area contributed by atoms with E-state index in [4.69, 9.17) is 20.9 Å². The van der Waals surface area contributed by atoms with Crippen LogP contribution in [0.5, 0.6) is 17.5 Å². The number of rotatable bonds is 8. The van der Waals surface area contributed by atoms with Gasteiger partial charge in [-0.3, -0.25) is 14.4 Å². The van der Waals surface area contributed by atoms with Gasteiger partial charge in [-0.05, 0) is 69.3 Å². The minimum Gasteiger partial charge on any atom is -0.508 e. The first-order chi connectivity index (χ1) is 26.4. The van der Waals surface area contributed by atoms with E-state index in [0.29, 0.717) is 38.2 Å². The van der Waals surface area contributed by atoms with Crippen LogP contribution < -0.4 is 19.7 Å². The molecular weight excluding hydrogens is 718 g/mol. The summed E-state index contributed by atoms with van der Waals surface area (Å²) < 4.78 is 77.8. The van der Waals surface area contributed by atoms with Crippen LogP contribution in [-0.2, 0) is 13.1 Å². The predicted molar refractivity (Wildman–Crippen MR) is 198 cm³/mol. The van der Waals surface area contributed by atoms with Gasteiger partial charge >= 0.3 is 6.01 Å². The molecule has 0 aliphatic carbocycles. The number of anilines is 1. The lowest BCUT2D eigenvalue weighted by Crippen LogP contribution is -2.43. The number of aryl methyl sites for hydroxylation is 1. The molecule has 0 bridgehead atoms. The Morgan fingerprint density at radius 3 is 2.69 bits per heavy atom. The number of alkyl halides is 1. The lowest BCUT2D eigenvalue weighted by atomic mass is 9.92. The molecular formula is C40H39F4N7O4. The number of nitrogens with zero attached hydrogens (tertiary/aromatic N) is 6. The maximum Gasteiger partial charge on any atom is 0.319 e. The average molecular weight is 758 g/mol. The van der Waals surface area contributed by atoms with Gasteiger partial charge in [-0.1, -0.05) is 12.0 Å². The summed E-state index contributed by atoms with van der Waals surface area (Å²) in [5, 5.41) is 18.2. The molecule has 55 heavy (non-hydrogen) atoms. The number of methoxy groups -OCH3 is 1. The van der Waals surface area contributed by atoms with Crippen LogP contribution in [0.2, 0.25) is 0 Å². The van der Waals surface area contributed by atoms with Gasteiger partial charge in [0.05, 0.1) is 41.4 Å². The third-order valence-electron chi connectivity index (χ3n) is 10.8. The number of ether oxygens (including phenoxy) is 2. The van der Waals surface area contributed by atoms with E-state index in [2.05, 4.69) is 26.2 Å². The van der Waals surface area contributed by atoms with Crippen LogP contribution in [0.15, 0.2) is 30.3 Å². The van der Waals surface area contributed by atoms with E-state index in [0.717, 1.165) is 25.1 Å². The Labute approximate surface area is 314 Å². The molecule has 15 heteroatoms. The van der Waals surface area contributed by atoms with Gasteiger partial charge in [0.25, 0.3) is 5.91 Å². The van der Waals surface area contributed by atoms with Gasteiger partial charge in [0.1, 0.15) is 35.7 Å². The van der Waals surface area contributed by atoms with E-state index in [1.807, 2.05) is 13.8 Å². The largest absolute Gasteiger partial charge is 0.508 e. The summed E-state index contributed by atoms with van der Waals surface area (Å²) in [6, 6.07) is 6.24. The van der Waals surface area contributed by atoms with Crippen molar-refractivity contribution in [3.05, 3.63) is 64.7 Å². The zero-order valence-electron chi connectivity index (χ0n) is 30.6. The molecule has 2 atom stereocenters. The molecule has 3 aliphatic rings. The number of halogens is 4. The summed E-state index contributed by atoms with van der Waals surface area (Å²) in [5.74, 6) is -1.80. The van der Waals surface area contributed by atoms with Crippen molar-refractivity contribution >= 4 is 33.4 Å². The van der Waals surface area contributed by atoms with Gasteiger partial charge in [0.15, 0.2) is 23.1 Å². The normalized spacial score (nSPS) is 19.8. The van der Waals surface area contributed by atoms with Gasteiger partial charge in [-0.25, -0.2) is 17.6 Å². The quantitative estimate of drug-likeness (QED) is 0.140. The number of carbonyl (C=O) groups is 1. The van der Waals surface area contributed by atoms with Crippen LogP contribution in [0.4, 0.5) is 23.4 Å². The molecule has 5 aromatic rings. The number of amides is 1. The standard InChI is InChI=1S/C40H39F4N7O4/c1-5-26-28(42)9-8-22-14-25(52)16-27(30(22)26)31-33(43)35-32(36(54-4)34(31)44)37(47-39(46-35)55-20-40-10-6-12-50(40)18-23(41)17-40)49-11-7-13-51-24(19-49)15-29(48-51)38(53)45-21(2)3/h1,8-9,14-16,21,23,52H,6-7,10-13,17-20H2,2-4H3,(H,45,53)/t23-,40+/m1/s1.